The third-order valence-electron chi connectivity index (χ3n) is 10.8. The van der Waals surface area contributed by atoms with Crippen LogP contribution in [0, 0.1) is 17.3 Å². The first kappa shape index (κ1) is 27.1. The molecule has 3 heteroatoms. The van der Waals surface area contributed by atoms with Gasteiger partial charge in [0.15, 0.2) is 0 Å². The first-order valence-electron chi connectivity index (χ1n) is 16.1. The molecular weight excluding hydrogens is 531 g/mol. The molecule has 0 saturated heterocycles. The Kier molecular flexibility index (Phi) is 5.39. The number of ether oxygens (including phenoxy) is 1. The fourth-order valence-corrected chi connectivity index (χ4v) is 11.4. The standard InChI is InChI=1S/C39H47NOS/c1-37(2,3)20-10-12-24-25(14-20)26-15-22(39(7,8)9)17-31-32(26)35-33(24)34(35)27-18-23(40)19-29-36(27)42(31)30-16-21(38(4,5)6)11-13-28(30)41-29/h11,13-18,23,33-35,42H,10,12,19,40H2,1-9H3. The van der Waals surface area contributed by atoms with Crippen LogP contribution in [0.2, 0.25) is 0 Å². The third-order valence-corrected chi connectivity index (χ3v) is 13.5. The van der Waals surface area contributed by atoms with Crippen molar-refractivity contribution in [3.8, 4) is 5.75 Å². The maximum atomic E-state index is 6.84. The number of allylic oxidation sites excluding steroid dienone is 5. The quantitative estimate of drug-likeness (QED) is 0.306. The van der Waals surface area contributed by atoms with E-state index in [4.69, 9.17) is 10.5 Å². The van der Waals surface area contributed by atoms with E-state index in [1.165, 1.54) is 44.9 Å². The third kappa shape index (κ3) is 3.75. The van der Waals surface area contributed by atoms with Crippen LogP contribution in [0.4, 0.5) is 0 Å². The van der Waals surface area contributed by atoms with Gasteiger partial charge in [0.05, 0.1) is 0 Å². The van der Waals surface area contributed by atoms with Crippen molar-refractivity contribution in [3.63, 3.8) is 0 Å². The largest absolute Gasteiger partial charge is 0.459 e. The molecule has 5 atom stereocenters. The predicted octanol–water partition coefficient (Wildman–Crippen LogP) is 9.84. The minimum Gasteiger partial charge on any atom is -0.459 e. The van der Waals surface area contributed by atoms with Crippen molar-refractivity contribution in [2.75, 3.05) is 0 Å². The SMILES string of the molecule is CC(C)(C)C1=CC2=C(CC1)C1C3C4=CC(N)CC5=C4[SH](c4cc(C(C)(C)C)ccc4O5)c4cc(C(C)(C)C)cc2c4C31. The minimum absolute atomic E-state index is 0.0201. The molecule has 4 aliphatic carbocycles. The van der Waals surface area contributed by atoms with E-state index in [-0.39, 0.29) is 22.3 Å². The molecule has 0 bridgehead atoms. The summed E-state index contributed by atoms with van der Waals surface area (Å²) in [4.78, 5) is 4.50. The summed E-state index contributed by atoms with van der Waals surface area (Å²) in [5.41, 5.74) is 19.5. The van der Waals surface area contributed by atoms with E-state index < -0.39 is 10.9 Å². The Bertz CT molecular complexity index is 1710. The maximum absolute atomic E-state index is 6.84. The molecule has 5 unspecified atom stereocenters. The lowest BCUT2D eigenvalue weighted by molar-refractivity contribution is 0.378. The van der Waals surface area contributed by atoms with E-state index in [9.17, 15) is 0 Å². The van der Waals surface area contributed by atoms with Gasteiger partial charge >= 0.3 is 0 Å². The van der Waals surface area contributed by atoms with Crippen molar-refractivity contribution in [2.45, 2.75) is 114 Å². The lowest BCUT2D eigenvalue weighted by Gasteiger charge is -2.41. The Morgan fingerprint density at radius 1 is 0.786 bits per heavy atom. The molecule has 1 fully saturated rings. The van der Waals surface area contributed by atoms with Gasteiger partial charge in [-0.25, -0.2) is 0 Å². The van der Waals surface area contributed by atoms with Gasteiger partial charge in [-0.05, 0) is 92.5 Å². The Morgan fingerprint density at radius 3 is 2.19 bits per heavy atom. The molecule has 0 radical (unpaired) electrons. The van der Waals surface area contributed by atoms with Gasteiger partial charge < -0.3 is 10.5 Å². The molecule has 2 aromatic rings. The monoisotopic (exact) mass is 577 g/mol. The van der Waals surface area contributed by atoms with Crippen molar-refractivity contribution in [1.29, 1.82) is 0 Å². The summed E-state index contributed by atoms with van der Waals surface area (Å²) in [7, 11) is -0.752. The number of rotatable bonds is 0. The van der Waals surface area contributed by atoms with Crippen LogP contribution in [0.5, 0.6) is 5.75 Å². The summed E-state index contributed by atoms with van der Waals surface area (Å²) < 4.78 is 6.84. The lowest BCUT2D eigenvalue weighted by Crippen LogP contribution is -2.27. The number of fused-ring (bicyclic) bond motifs is 7. The van der Waals surface area contributed by atoms with Gasteiger partial charge in [-0.1, -0.05) is 97.7 Å². The van der Waals surface area contributed by atoms with Crippen molar-refractivity contribution in [3.05, 3.63) is 92.1 Å². The topological polar surface area (TPSA) is 35.2 Å². The van der Waals surface area contributed by atoms with E-state index >= 15 is 0 Å². The Balaban J connectivity index is 1.47. The van der Waals surface area contributed by atoms with E-state index in [1.807, 2.05) is 0 Å². The molecule has 0 aromatic heterocycles. The zero-order chi connectivity index (χ0) is 29.7. The van der Waals surface area contributed by atoms with E-state index in [0.717, 1.165) is 17.9 Å². The summed E-state index contributed by atoms with van der Waals surface area (Å²) in [6, 6.07) is 12.3. The number of hydrogen-bond donors (Lipinski definition) is 2. The highest BCUT2D eigenvalue weighted by atomic mass is 32.2. The predicted molar refractivity (Wildman–Crippen MR) is 178 cm³/mol. The highest BCUT2D eigenvalue weighted by Gasteiger charge is 2.62. The van der Waals surface area contributed by atoms with Crippen molar-refractivity contribution in [2.24, 2.45) is 23.0 Å². The van der Waals surface area contributed by atoms with Crippen LogP contribution in [0.15, 0.2) is 79.7 Å². The zero-order valence-corrected chi connectivity index (χ0v) is 27.8. The fourth-order valence-electron chi connectivity index (χ4n) is 8.45. The van der Waals surface area contributed by atoms with Crippen LogP contribution in [0.3, 0.4) is 0 Å². The Labute approximate surface area is 255 Å². The van der Waals surface area contributed by atoms with Crippen molar-refractivity contribution < 1.29 is 4.74 Å². The van der Waals surface area contributed by atoms with Gasteiger partial charge in [0.2, 0.25) is 0 Å². The number of benzene rings is 2. The molecular formula is C39H47NOS. The van der Waals surface area contributed by atoms with Gasteiger partial charge in [0, 0.05) is 33.1 Å². The fraction of sp³-hybridized carbons (Fsp3) is 0.487. The van der Waals surface area contributed by atoms with Gasteiger partial charge in [-0.3, -0.25) is 0 Å². The number of nitrogens with two attached hydrogens (primary N) is 1. The average molecular weight is 578 g/mol. The molecule has 220 valence electrons. The molecule has 0 amide bonds. The molecule has 1 saturated carbocycles. The second-order valence-corrected chi connectivity index (χ2v) is 18.9. The lowest BCUT2D eigenvalue weighted by atomic mass is 9.72. The Morgan fingerprint density at radius 2 is 1.50 bits per heavy atom. The molecule has 2 aromatic carbocycles. The molecule has 2 nitrogen and oxygen atoms in total. The summed E-state index contributed by atoms with van der Waals surface area (Å²) >= 11 is 0. The second-order valence-electron chi connectivity index (χ2n) is 16.8. The normalized spacial score (nSPS) is 29.8. The van der Waals surface area contributed by atoms with Crippen LogP contribution in [0.25, 0.3) is 5.57 Å². The van der Waals surface area contributed by atoms with Gasteiger partial charge in [0.25, 0.3) is 0 Å². The molecule has 0 spiro atoms. The molecule has 6 aliphatic rings. The highest BCUT2D eigenvalue weighted by Crippen LogP contribution is 2.77. The Hall–Kier alpha value is -2.49. The molecule has 2 N–H and O–H groups in total. The maximum Gasteiger partial charge on any atom is 0.139 e. The van der Waals surface area contributed by atoms with Crippen LogP contribution in [-0.4, -0.2) is 6.04 Å². The van der Waals surface area contributed by atoms with Gasteiger partial charge in [0.1, 0.15) is 11.5 Å². The number of hydrogen-bond acceptors (Lipinski definition) is 2. The summed E-state index contributed by atoms with van der Waals surface area (Å²) in [6.07, 6.45) is 8.25. The van der Waals surface area contributed by atoms with E-state index in [0.29, 0.717) is 17.8 Å². The van der Waals surface area contributed by atoms with Crippen molar-refractivity contribution >= 4 is 16.5 Å². The minimum atomic E-state index is -0.752. The first-order chi connectivity index (χ1) is 19.6. The second kappa shape index (κ2) is 8.36. The smallest absolute Gasteiger partial charge is 0.139 e. The molecule has 8 rings (SSSR count). The van der Waals surface area contributed by atoms with Crippen LogP contribution >= 0.6 is 10.9 Å². The van der Waals surface area contributed by atoms with Crippen LogP contribution < -0.4 is 10.5 Å². The van der Waals surface area contributed by atoms with Crippen LogP contribution in [-0.2, 0) is 10.8 Å². The summed E-state index contributed by atoms with van der Waals surface area (Å²) in [6.45, 7) is 21.3. The van der Waals surface area contributed by atoms with E-state index in [2.05, 4.69) is 105 Å². The van der Waals surface area contributed by atoms with Gasteiger partial charge in [-0.2, -0.15) is 10.9 Å². The number of thiol groups is 1. The zero-order valence-electron chi connectivity index (χ0n) is 26.9. The van der Waals surface area contributed by atoms with E-state index in [1.54, 1.807) is 27.2 Å². The highest BCUT2D eigenvalue weighted by molar-refractivity contribution is 8.21. The van der Waals surface area contributed by atoms with Crippen molar-refractivity contribution in [1.82, 2.24) is 0 Å². The molecule has 42 heavy (non-hydrogen) atoms. The first-order valence-corrected chi connectivity index (χ1v) is 17.4. The molecule has 2 heterocycles. The summed E-state index contributed by atoms with van der Waals surface area (Å²) in [5.74, 6) is 3.90. The van der Waals surface area contributed by atoms with Gasteiger partial charge in [-0.15, -0.1) is 0 Å². The summed E-state index contributed by atoms with van der Waals surface area (Å²) in [5, 5.41) is 0. The van der Waals surface area contributed by atoms with Crippen LogP contribution in [0.1, 0.15) is 110 Å². The molecule has 2 aliphatic heterocycles. The average Bonchev–Trinajstić information content (AvgIpc) is 3.65.